The second-order valence-electron chi connectivity index (χ2n) is 7.32. The van der Waals surface area contributed by atoms with Crippen LogP contribution < -0.4 is 0 Å². The van der Waals surface area contributed by atoms with Crippen LogP contribution in [-0.2, 0) is 24.2 Å². The van der Waals surface area contributed by atoms with E-state index in [0.29, 0.717) is 5.92 Å². The number of rotatable bonds is 2. The van der Waals surface area contributed by atoms with Gasteiger partial charge in [0.2, 0.25) is 0 Å². The van der Waals surface area contributed by atoms with Crippen molar-refractivity contribution in [2.45, 2.75) is 62.3 Å². The zero-order valence-electron chi connectivity index (χ0n) is 17.1. The van der Waals surface area contributed by atoms with Gasteiger partial charge in [-0.1, -0.05) is 0 Å². The minimum absolute atomic E-state index is 0. The minimum atomic E-state index is 0. The van der Waals surface area contributed by atoms with E-state index in [-0.39, 0.29) is 8.27 Å². The van der Waals surface area contributed by atoms with Crippen molar-refractivity contribution in [3.05, 3.63) is 44.6 Å². The molecule has 0 heterocycles. The molecular formula is C20H30Zr. The molecule has 0 radical (unpaired) electrons. The van der Waals surface area contributed by atoms with Crippen LogP contribution in [0.5, 0.6) is 0 Å². The number of hydrogen-bond donors (Lipinski definition) is 0. The number of hydrogen-bond acceptors (Lipinski definition) is 0. The summed E-state index contributed by atoms with van der Waals surface area (Å²) in [7, 11) is 0. The monoisotopic (exact) mass is 360 g/mol. The molecule has 114 valence electrons. The average Bonchev–Trinajstić information content (AvgIpc) is 2.69. The summed E-state index contributed by atoms with van der Waals surface area (Å²) in [5.74, 6) is 0.506. The first-order valence-electron chi connectivity index (χ1n) is 7.87. The van der Waals surface area contributed by atoms with Gasteiger partial charge in [-0.25, -0.2) is 0 Å². The fraction of sp³-hybridized carbons (Fsp3) is 0.550. The maximum absolute atomic E-state index is 2.41. The smallest absolute Gasteiger partial charge is 1.00 e. The molecule has 1 atom stereocenters. The molecule has 0 spiro atoms. The van der Waals surface area contributed by atoms with Crippen LogP contribution in [-0.4, -0.2) is 3.21 Å². The standard InChI is InChI=1S/C20H28.Zr.2H/c1-10-17-13(4)11(2)14(5)18(17)19-15(6)12(3)16(7)20(19,8)9;;;/h18H,1-9H3;;;/q;+2;2*-1. The van der Waals surface area contributed by atoms with E-state index < -0.39 is 0 Å². The second kappa shape index (κ2) is 5.41. The summed E-state index contributed by atoms with van der Waals surface area (Å²) in [5.41, 5.74) is 12.6. The molecule has 0 N–H and O–H groups in total. The Labute approximate surface area is 148 Å². The molecule has 2 aliphatic carbocycles. The van der Waals surface area contributed by atoms with Gasteiger partial charge < -0.3 is 2.85 Å². The van der Waals surface area contributed by atoms with Crippen molar-refractivity contribution in [2.75, 3.05) is 0 Å². The van der Waals surface area contributed by atoms with Crippen molar-refractivity contribution in [3.63, 3.8) is 0 Å². The molecule has 0 nitrogen and oxygen atoms in total. The summed E-state index contributed by atoms with van der Waals surface area (Å²) >= 11 is 1.55. The van der Waals surface area contributed by atoms with Gasteiger partial charge in [0.15, 0.2) is 0 Å². The van der Waals surface area contributed by atoms with Gasteiger partial charge in [0.05, 0.1) is 0 Å². The van der Waals surface area contributed by atoms with E-state index in [4.69, 9.17) is 0 Å². The van der Waals surface area contributed by atoms with E-state index in [9.17, 15) is 0 Å². The molecule has 0 aliphatic heterocycles. The van der Waals surface area contributed by atoms with Crippen molar-refractivity contribution in [3.8, 4) is 0 Å². The SMILES string of the molecule is C[C](=[Zr+2])C1=C(C)C(C)=C(C)C1C1=C(C)C(C)=C(C)C1(C)C.[H-].[H-]. The molecule has 1 unspecified atom stereocenters. The fourth-order valence-electron chi connectivity index (χ4n) is 4.21. The predicted molar refractivity (Wildman–Crippen MR) is 92.3 cm³/mol. The molecule has 0 fully saturated rings. The summed E-state index contributed by atoms with van der Waals surface area (Å²) in [6.45, 7) is 21.0. The third kappa shape index (κ3) is 2.31. The van der Waals surface area contributed by atoms with Crippen molar-refractivity contribution >= 4 is 3.21 Å². The first kappa shape index (κ1) is 17.1. The van der Waals surface area contributed by atoms with Crippen molar-refractivity contribution < 1.29 is 27.1 Å². The maximum Gasteiger partial charge on any atom is -1.00 e. The van der Waals surface area contributed by atoms with Crippen LogP contribution >= 0.6 is 0 Å². The van der Waals surface area contributed by atoms with E-state index in [1.54, 1.807) is 49.7 Å². The van der Waals surface area contributed by atoms with E-state index in [1.807, 2.05) is 0 Å². The van der Waals surface area contributed by atoms with Gasteiger partial charge in [0.25, 0.3) is 0 Å². The Bertz CT molecular complexity index is 670. The molecule has 1 heteroatoms. The largest absolute Gasteiger partial charge is 1.00 e. The molecule has 0 saturated carbocycles. The fourth-order valence-corrected chi connectivity index (χ4v) is 5.02. The predicted octanol–water partition coefficient (Wildman–Crippen LogP) is 5.93. The Morgan fingerprint density at radius 1 is 0.905 bits per heavy atom. The van der Waals surface area contributed by atoms with Crippen molar-refractivity contribution in [1.29, 1.82) is 0 Å². The number of allylic oxidation sites excluding steroid dienone is 8. The molecule has 0 aromatic heterocycles. The zero-order chi connectivity index (χ0) is 16.3. The Balaban J connectivity index is 0.00000242. The van der Waals surface area contributed by atoms with Crippen LogP contribution in [0.1, 0.15) is 65.2 Å². The van der Waals surface area contributed by atoms with Crippen LogP contribution in [0.2, 0.25) is 0 Å². The molecule has 2 rings (SSSR count). The Hall–Kier alpha value is -0.287. The van der Waals surface area contributed by atoms with Gasteiger partial charge in [0.1, 0.15) is 0 Å². The van der Waals surface area contributed by atoms with Crippen molar-refractivity contribution in [1.82, 2.24) is 0 Å². The first-order chi connectivity index (χ1) is 9.53. The van der Waals surface area contributed by atoms with Crippen LogP contribution in [0.25, 0.3) is 0 Å². The van der Waals surface area contributed by atoms with Gasteiger partial charge in [-0.3, -0.25) is 0 Å². The zero-order valence-corrected chi connectivity index (χ0v) is 17.5. The third-order valence-electron chi connectivity index (χ3n) is 6.11. The van der Waals surface area contributed by atoms with E-state index in [0.717, 1.165) is 0 Å². The van der Waals surface area contributed by atoms with Gasteiger partial charge in [-0.15, -0.1) is 0 Å². The van der Waals surface area contributed by atoms with E-state index in [2.05, 4.69) is 62.3 Å². The van der Waals surface area contributed by atoms with Crippen LogP contribution in [0.4, 0.5) is 0 Å². The quantitative estimate of drug-likeness (QED) is 0.572. The normalized spacial score (nSPS) is 25.8. The Kier molecular flexibility index (Phi) is 4.40. The molecule has 0 saturated heterocycles. The first-order valence-corrected chi connectivity index (χ1v) is 9.10. The van der Waals surface area contributed by atoms with Gasteiger partial charge in [-0.05, 0) is 0 Å². The molecular weight excluding hydrogens is 331 g/mol. The Morgan fingerprint density at radius 2 is 1.43 bits per heavy atom. The summed E-state index contributed by atoms with van der Waals surface area (Å²) in [6.07, 6.45) is 0. The minimum Gasteiger partial charge on any atom is -1.00 e. The third-order valence-corrected chi connectivity index (χ3v) is 6.77. The Morgan fingerprint density at radius 3 is 1.81 bits per heavy atom. The van der Waals surface area contributed by atoms with E-state index in [1.165, 1.54) is 22.3 Å². The summed E-state index contributed by atoms with van der Waals surface area (Å²) in [4.78, 5) is 0. The molecule has 21 heavy (non-hydrogen) atoms. The molecule has 0 aromatic rings. The summed E-state index contributed by atoms with van der Waals surface area (Å²) in [5, 5.41) is 0. The van der Waals surface area contributed by atoms with Gasteiger partial charge >= 0.3 is 146 Å². The molecule has 0 bridgehead atoms. The van der Waals surface area contributed by atoms with Gasteiger partial charge in [0, 0.05) is 0 Å². The van der Waals surface area contributed by atoms with Crippen LogP contribution in [0, 0.1) is 11.3 Å². The van der Waals surface area contributed by atoms with Crippen LogP contribution in [0.3, 0.4) is 0 Å². The maximum atomic E-state index is 2.41. The van der Waals surface area contributed by atoms with Crippen molar-refractivity contribution in [2.24, 2.45) is 11.3 Å². The summed E-state index contributed by atoms with van der Waals surface area (Å²) < 4.78 is 1.55. The average molecular weight is 362 g/mol. The summed E-state index contributed by atoms with van der Waals surface area (Å²) in [6, 6.07) is 0. The van der Waals surface area contributed by atoms with E-state index >= 15 is 0 Å². The topological polar surface area (TPSA) is 0 Å². The second-order valence-corrected chi connectivity index (χ2v) is 9.16. The molecule has 2 aliphatic rings. The molecule has 0 amide bonds. The van der Waals surface area contributed by atoms with Crippen LogP contribution in [0.15, 0.2) is 44.6 Å². The van der Waals surface area contributed by atoms with Gasteiger partial charge in [-0.2, -0.15) is 0 Å². The molecule has 0 aromatic carbocycles.